The summed E-state index contributed by atoms with van der Waals surface area (Å²) < 4.78 is 45.3. The summed E-state index contributed by atoms with van der Waals surface area (Å²) in [4.78, 5) is 15.8. The van der Waals surface area contributed by atoms with E-state index in [1.165, 1.54) is 11.0 Å². The quantitative estimate of drug-likeness (QED) is 0.770. The monoisotopic (exact) mass is 363 g/mol. The highest BCUT2D eigenvalue weighted by atomic mass is 35.5. The number of carbonyl (C=O) groups is 1. The van der Waals surface area contributed by atoms with E-state index in [0.717, 1.165) is 6.07 Å². The van der Waals surface area contributed by atoms with Gasteiger partial charge < -0.3 is 15.0 Å². The number of nitrogens with zero attached hydrogens (tertiary/aromatic N) is 2. The number of urea groups is 1. The van der Waals surface area contributed by atoms with E-state index >= 15 is 0 Å². The fourth-order valence-corrected chi connectivity index (χ4v) is 3.22. The number of nitrogens with one attached hydrogen (secondary N) is 1. The zero-order chi connectivity index (χ0) is 17.5. The Morgan fingerprint density at radius 2 is 2.00 bits per heavy atom. The molecular formula is C15H17ClF3N3O2. The molecule has 0 aliphatic carbocycles. The number of halogens is 4. The predicted molar refractivity (Wildman–Crippen MR) is 83.7 cm³/mol. The standard InChI is InChI=1S/C15H17ClF3N3O2/c1-9-8-24-13-11(3-2-10(16)12(13)15(17,18)19)22(9)14(23)21-6-4-20-5-7-21/h2-3,9,20H,4-8H2,1H3. The molecule has 0 radical (unpaired) electrons. The van der Waals surface area contributed by atoms with Gasteiger partial charge in [-0.25, -0.2) is 4.79 Å². The number of benzene rings is 1. The summed E-state index contributed by atoms with van der Waals surface area (Å²) >= 11 is 5.74. The minimum absolute atomic E-state index is 0.0196. The van der Waals surface area contributed by atoms with Gasteiger partial charge in [-0.05, 0) is 19.1 Å². The molecule has 132 valence electrons. The van der Waals surface area contributed by atoms with Crippen LogP contribution in [0.4, 0.5) is 23.7 Å². The first kappa shape index (κ1) is 17.2. The van der Waals surface area contributed by atoms with Crippen LogP contribution in [0.5, 0.6) is 5.75 Å². The van der Waals surface area contributed by atoms with Crippen LogP contribution in [0.1, 0.15) is 12.5 Å². The van der Waals surface area contributed by atoms with Gasteiger partial charge in [-0.3, -0.25) is 4.90 Å². The molecule has 0 saturated carbocycles. The van der Waals surface area contributed by atoms with E-state index in [9.17, 15) is 18.0 Å². The van der Waals surface area contributed by atoms with Crippen LogP contribution >= 0.6 is 11.6 Å². The van der Waals surface area contributed by atoms with Gasteiger partial charge in [0.1, 0.15) is 12.2 Å². The lowest BCUT2D eigenvalue weighted by Crippen LogP contribution is -2.55. The number of rotatable bonds is 0. The van der Waals surface area contributed by atoms with Crippen molar-refractivity contribution in [1.82, 2.24) is 10.2 Å². The smallest absolute Gasteiger partial charge is 0.421 e. The van der Waals surface area contributed by atoms with E-state index in [0.29, 0.717) is 26.2 Å². The predicted octanol–water partition coefficient (Wildman–Crippen LogP) is 2.97. The number of hydrogen-bond donors (Lipinski definition) is 1. The van der Waals surface area contributed by atoms with Gasteiger partial charge >= 0.3 is 12.2 Å². The molecule has 1 atom stereocenters. The highest BCUT2D eigenvalue weighted by Gasteiger charge is 2.42. The minimum atomic E-state index is -4.66. The summed E-state index contributed by atoms with van der Waals surface area (Å²) in [6.45, 7) is 4.06. The van der Waals surface area contributed by atoms with Crippen molar-refractivity contribution in [2.24, 2.45) is 0 Å². The molecule has 2 amide bonds. The lowest BCUT2D eigenvalue weighted by Gasteiger charge is -2.40. The number of fused-ring (bicyclic) bond motifs is 1. The molecule has 24 heavy (non-hydrogen) atoms. The molecule has 2 aliphatic heterocycles. The highest BCUT2D eigenvalue weighted by molar-refractivity contribution is 6.31. The van der Waals surface area contributed by atoms with Crippen LogP contribution < -0.4 is 15.0 Å². The summed E-state index contributed by atoms with van der Waals surface area (Å²) in [7, 11) is 0. The van der Waals surface area contributed by atoms with E-state index in [1.54, 1.807) is 11.8 Å². The lowest BCUT2D eigenvalue weighted by atomic mass is 10.1. The number of ether oxygens (including phenoxy) is 1. The van der Waals surface area contributed by atoms with Gasteiger partial charge in [0.05, 0.1) is 16.8 Å². The molecule has 5 nitrogen and oxygen atoms in total. The first-order valence-electron chi connectivity index (χ1n) is 7.62. The van der Waals surface area contributed by atoms with E-state index in [-0.39, 0.29) is 30.1 Å². The Kier molecular flexibility index (Phi) is 4.52. The molecule has 0 aromatic heterocycles. The van der Waals surface area contributed by atoms with Crippen LogP contribution in [0.25, 0.3) is 0 Å². The normalized spacial score (nSPS) is 21.3. The zero-order valence-electron chi connectivity index (χ0n) is 13.0. The summed E-state index contributed by atoms with van der Waals surface area (Å²) in [5.74, 6) is -0.378. The van der Waals surface area contributed by atoms with Gasteiger partial charge in [-0.2, -0.15) is 13.2 Å². The third-order valence-corrected chi connectivity index (χ3v) is 4.45. The SMILES string of the molecule is CC1COc2c(ccc(Cl)c2C(F)(F)F)N1C(=O)N1CCNCC1. The Hall–Kier alpha value is -1.67. The zero-order valence-corrected chi connectivity index (χ0v) is 13.7. The van der Waals surface area contributed by atoms with E-state index in [2.05, 4.69) is 5.32 Å². The summed E-state index contributed by atoms with van der Waals surface area (Å²) in [5.41, 5.74) is -0.930. The third kappa shape index (κ3) is 3.00. The molecule has 1 N–H and O–H groups in total. The summed E-state index contributed by atoms with van der Waals surface area (Å²) in [6.07, 6.45) is -4.66. The second-order valence-corrected chi connectivity index (χ2v) is 6.23. The molecule has 1 aromatic rings. The molecule has 3 rings (SSSR count). The fourth-order valence-electron chi connectivity index (χ4n) is 2.96. The number of anilines is 1. The molecule has 1 aromatic carbocycles. The minimum Gasteiger partial charge on any atom is -0.489 e. The van der Waals surface area contributed by atoms with E-state index in [1.807, 2.05) is 0 Å². The Morgan fingerprint density at radius 1 is 1.33 bits per heavy atom. The van der Waals surface area contributed by atoms with Gasteiger partial charge in [0.2, 0.25) is 0 Å². The third-order valence-electron chi connectivity index (χ3n) is 4.13. The molecular weight excluding hydrogens is 347 g/mol. The van der Waals surface area contributed by atoms with Crippen LogP contribution in [-0.2, 0) is 6.18 Å². The molecule has 2 aliphatic rings. The second kappa shape index (κ2) is 6.33. The molecule has 1 fully saturated rings. The lowest BCUT2D eigenvalue weighted by molar-refractivity contribution is -0.138. The molecule has 0 bridgehead atoms. The van der Waals surface area contributed by atoms with Gasteiger partial charge in [0.25, 0.3) is 0 Å². The van der Waals surface area contributed by atoms with Crippen molar-refractivity contribution in [3.63, 3.8) is 0 Å². The Balaban J connectivity index is 2.03. The van der Waals surface area contributed by atoms with Crippen molar-refractivity contribution in [3.8, 4) is 5.75 Å². The van der Waals surface area contributed by atoms with Crippen molar-refractivity contribution >= 4 is 23.3 Å². The summed E-state index contributed by atoms with van der Waals surface area (Å²) in [5, 5.41) is 2.70. The first-order chi connectivity index (χ1) is 11.3. The average molecular weight is 364 g/mol. The maximum Gasteiger partial charge on any atom is 0.421 e. The maximum atomic E-state index is 13.3. The number of amides is 2. The van der Waals surface area contributed by atoms with Crippen molar-refractivity contribution in [1.29, 1.82) is 0 Å². The largest absolute Gasteiger partial charge is 0.489 e. The molecule has 1 saturated heterocycles. The van der Waals surface area contributed by atoms with Crippen molar-refractivity contribution < 1.29 is 22.7 Å². The maximum absolute atomic E-state index is 13.3. The topological polar surface area (TPSA) is 44.8 Å². The van der Waals surface area contributed by atoms with Crippen LogP contribution in [0.2, 0.25) is 5.02 Å². The Bertz CT molecular complexity index is 648. The van der Waals surface area contributed by atoms with Crippen LogP contribution in [0.3, 0.4) is 0 Å². The molecule has 2 heterocycles. The van der Waals surface area contributed by atoms with Crippen molar-refractivity contribution in [2.45, 2.75) is 19.1 Å². The molecule has 1 unspecified atom stereocenters. The highest BCUT2D eigenvalue weighted by Crippen LogP contribution is 2.48. The van der Waals surface area contributed by atoms with E-state index in [4.69, 9.17) is 16.3 Å². The molecule has 0 spiro atoms. The Morgan fingerprint density at radius 3 is 2.62 bits per heavy atom. The van der Waals surface area contributed by atoms with Crippen molar-refractivity contribution in [2.75, 3.05) is 37.7 Å². The van der Waals surface area contributed by atoms with E-state index < -0.39 is 16.8 Å². The summed E-state index contributed by atoms with van der Waals surface area (Å²) in [6, 6.07) is 1.87. The molecule has 9 heteroatoms. The first-order valence-corrected chi connectivity index (χ1v) is 8.00. The Labute approximate surface area is 142 Å². The second-order valence-electron chi connectivity index (χ2n) is 5.82. The number of alkyl halides is 3. The number of piperazine rings is 1. The van der Waals surface area contributed by atoms with Gasteiger partial charge in [0.15, 0.2) is 5.75 Å². The van der Waals surface area contributed by atoms with Crippen LogP contribution in [0, 0.1) is 0 Å². The van der Waals surface area contributed by atoms with Crippen LogP contribution in [0.15, 0.2) is 12.1 Å². The number of hydrogen-bond acceptors (Lipinski definition) is 3. The van der Waals surface area contributed by atoms with Crippen molar-refractivity contribution in [3.05, 3.63) is 22.7 Å². The van der Waals surface area contributed by atoms with Gasteiger partial charge in [-0.15, -0.1) is 0 Å². The van der Waals surface area contributed by atoms with Gasteiger partial charge in [-0.1, -0.05) is 11.6 Å². The van der Waals surface area contributed by atoms with Crippen LogP contribution in [-0.4, -0.2) is 49.8 Å². The van der Waals surface area contributed by atoms with Gasteiger partial charge in [0, 0.05) is 26.2 Å². The average Bonchev–Trinajstić information content (AvgIpc) is 2.54. The number of carbonyl (C=O) groups excluding carboxylic acids is 1. The fraction of sp³-hybridized carbons (Fsp3) is 0.533.